The number of halogens is 3. The lowest BCUT2D eigenvalue weighted by Crippen LogP contribution is -2.45. The van der Waals surface area contributed by atoms with Crippen molar-refractivity contribution in [1.82, 2.24) is 16.1 Å². The van der Waals surface area contributed by atoms with E-state index in [1.807, 2.05) is 12.1 Å². The van der Waals surface area contributed by atoms with Crippen LogP contribution in [0, 0.1) is 0 Å². The summed E-state index contributed by atoms with van der Waals surface area (Å²) in [7, 11) is 1.27. The SMILES string of the molecule is CCOc1cc([C@H]2NC(=O)NC(C)=C2C(=O)OC)ccc1OC[C@@H](O)N/N=C/c1cc(Cl)cc(Br)c1OCc1ccc(Cl)cc1. The number of aliphatic hydroxyl groups is 1. The number of methoxy groups -OCH3 is 1. The predicted octanol–water partition coefficient (Wildman–Crippen LogP) is 5.86. The lowest BCUT2D eigenvalue weighted by molar-refractivity contribution is -0.136. The van der Waals surface area contributed by atoms with Gasteiger partial charge in [-0.2, -0.15) is 5.10 Å². The third-order valence-corrected chi connectivity index (χ3v) is 7.49. The van der Waals surface area contributed by atoms with Crippen LogP contribution in [0.25, 0.3) is 0 Å². The molecule has 45 heavy (non-hydrogen) atoms. The number of nitrogens with zero attached hydrogens (tertiary/aromatic N) is 1. The summed E-state index contributed by atoms with van der Waals surface area (Å²) in [5.74, 6) is 0.620. The molecule has 2 amide bonds. The standard InChI is InChI=1S/C31H31BrCl2N4O7/c1-4-43-25-12-19(28-27(30(40)42-3)17(2)36-31(41)37-28)7-10-24(25)44-16-26(39)38-35-14-20-11-22(34)13-23(32)29(20)45-15-18-5-8-21(33)9-6-18/h5-14,26,28,38-39H,4,15-16H2,1-3H3,(H2,36,37,41)/b35-14+/t26-,28-/m1/s1. The summed E-state index contributed by atoms with van der Waals surface area (Å²) in [4.78, 5) is 24.6. The van der Waals surface area contributed by atoms with E-state index in [-0.39, 0.29) is 18.8 Å². The Labute approximate surface area is 278 Å². The molecule has 1 aliphatic heterocycles. The molecule has 0 aromatic heterocycles. The van der Waals surface area contributed by atoms with Gasteiger partial charge in [-0.15, -0.1) is 0 Å². The first-order valence-corrected chi connectivity index (χ1v) is 15.2. The maximum Gasteiger partial charge on any atom is 0.337 e. The van der Waals surface area contributed by atoms with Gasteiger partial charge >= 0.3 is 12.0 Å². The van der Waals surface area contributed by atoms with E-state index in [9.17, 15) is 14.7 Å². The van der Waals surface area contributed by atoms with Gasteiger partial charge in [0.15, 0.2) is 17.7 Å². The Morgan fingerprint density at radius 1 is 1.09 bits per heavy atom. The van der Waals surface area contributed by atoms with Crippen LogP contribution in [-0.2, 0) is 16.1 Å². The van der Waals surface area contributed by atoms with Crippen molar-refractivity contribution in [3.05, 3.63) is 97.1 Å². The van der Waals surface area contributed by atoms with Crippen LogP contribution in [0.5, 0.6) is 17.2 Å². The zero-order chi connectivity index (χ0) is 32.5. The molecule has 238 valence electrons. The zero-order valence-electron chi connectivity index (χ0n) is 24.5. The van der Waals surface area contributed by atoms with Crippen molar-refractivity contribution in [2.24, 2.45) is 5.10 Å². The van der Waals surface area contributed by atoms with E-state index in [0.717, 1.165) is 5.56 Å². The number of benzene rings is 3. The average molecular weight is 722 g/mol. The summed E-state index contributed by atoms with van der Waals surface area (Å²) in [6.07, 6.45) is 0.274. The van der Waals surface area contributed by atoms with Crippen LogP contribution >= 0.6 is 39.1 Å². The van der Waals surface area contributed by atoms with E-state index in [1.165, 1.54) is 13.3 Å². The third-order valence-electron chi connectivity index (χ3n) is 6.43. The van der Waals surface area contributed by atoms with Crippen LogP contribution in [0.3, 0.4) is 0 Å². The Bertz CT molecular complexity index is 1600. The Morgan fingerprint density at radius 2 is 1.84 bits per heavy atom. The summed E-state index contributed by atoms with van der Waals surface area (Å²) in [5, 5.41) is 21.1. The molecule has 11 nitrogen and oxygen atoms in total. The molecule has 0 aliphatic carbocycles. The number of ether oxygens (including phenoxy) is 4. The molecule has 14 heteroatoms. The quantitative estimate of drug-likeness (QED) is 0.0746. The minimum Gasteiger partial charge on any atom is -0.490 e. The number of carbonyl (C=O) groups is 2. The normalized spacial score (nSPS) is 15.3. The fraction of sp³-hybridized carbons (Fsp3) is 0.258. The van der Waals surface area contributed by atoms with Crippen LogP contribution in [0.1, 0.15) is 36.6 Å². The Balaban J connectivity index is 1.42. The van der Waals surface area contributed by atoms with Gasteiger partial charge in [0, 0.05) is 21.3 Å². The van der Waals surface area contributed by atoms with Crippen LogP contribution in [0.4, 0.5) is 4.79 Å². The number of amides is 2. The van der Waals surface area contributed by atoms with E-state index in [4.69, 9.17) is 42.1 Å². The van der Waals surface area contributed by atoms with Gasteiger partial charge in [0.2, 0.25) is 0 Å². The highest BCUT2D eigenvalue weighted by molar-refractivity contribution is 9.10. The fourth-order valence-electron chi connectivity index (χ4n) is 4.38. The molecule has 0 bridgehead atoms. The van der Waals surface area contributed by atoms with Gasteiger partial charge in [-0.05, 0) is 77.3 Å². The molecular formula is C31H31BrCl2N4O7. The Morgan fingerprint density at radius 3 is 2.56 bits per heavy atom. The minimum absolute atomic E-state index is 0.188. The van der Waals surface area contributed by atoms with Crippen molar-refractivity contribution >= 4 is 57.3 Å². The molecule has 0 fully saturated rings. The second-order valence-electron chi connectivity index (χ2n) is 9.64. The summed E-state index contributed by atoms with van der Waals surface area (Å²) in [6, 6.07) is 14.4. The van der Waals surface area contributed by atoms with Crippen molar-refractivity contribution in [2.75, 3.05) is 20.3 Å². The summed E-state index contributed by atoms with van der Waals surface area (Å²) in [5.41, 5.74) is 5.32. The second-order valence-corrected chi connectivity index (χ2v) is 11.4. The predicted molar refractivity (Wildman–Crippen MR) is 174 cm³/mol. The van der Waals surface area contributed by atoms with Gasteiger partial charge in [-0.3, -0.25) is 5.43 Å². The molecular weight excluding hydrogens is 691 g/mol. The highest BCUT2D eigenvalue weighted by atomic mass is 79.9. The topological polar surface area (TPSA) is 140 Å². The maximum absolute atomic E-state index is 12.5. The van der Waals surface area contributed by atoms with Gasteiger partial charge in [-0.25, -0.2) is 9.59 Å². The molecule has 4 rings (SSSR count). The highest BCUT2D eigenvalue weighted by Crippen LogP contribution is 2.35. The molecule has 1 aliphatic rings. The first kappa shape index (κ1) is 33.9. The van der Waals surface area contributed by atoms with Gasteiger partial charge in [-0.1, -0.05) is 41.4 Å². The van der Waals surface area contributed by atoms with Crippen molar-refractivity contribution in [3.8, 4) is 17.2 Å². The van der Waals surface area contributed by atoms with E-state index in [0.29, 0.717) is 55.2 Å². The molecule has 4 N–H and O–H groups in total. The number of rotatable bonds is 13. The van der Waals surface area contributed by atoms with Crippen LogP contribution in [0.15, 0.2) is 75.4 Å². The Kier molecular flexibility index (Phi) is 11.9. The highest BCUT2D eigenvalue weighted by Gasteiger charge is 2.32. The minimum atomic E-state index is -1.20. The second kappa shape index (κ2) is 15.8. The first-order chi connectivity index (χ1) is 21.6. The number of esters is 1. The van der Waals surface area contributed by atoms with Gasteiger partial charge in [0.1, 0.15) is 19.0 Å². The number of hydrazone groups is 1. The number of aliphatic hydroxyl groups excluding tert-OH is 1. The monoisotopic (exact) mass is 720 g/mol. The summed E-state index contributed by atoms with van der Waals surface area (Å²) >= 11 is 15.7. The average Bonchev–Trinajstić information content (AvgIpc) is 3.00. The van der Waals surface area contributed by atoms with E-state index < -0.39 is 24.3 Å². The molecule has 0 radical (unpaired) electrons. The van der Waals surface area contributed by atoms with Crippen LogP contribution < -0.4 is 30.3 Å². The number of allylic oxidation sites excluding steroid dienone is 1. The van der Waals surface area contributed by atoms with Crippen molar-refractivity contribution in [2.45, 2.75) is 32.7 Å². The smallest absolute Gasteiger partial charge is 0.337 e. The molecule has 3 aromatic rings. The molecule has 0 saturated carbocycles. The summed E-state index contributed by atoms with van der Waals surface area (Å²) in [6.45, 7) is 3.84. The number of nitrogens with one attached hydrogen (secondary N) is 3. The number of carbonyl (C=O) groups excluding carboxylic acids is 2. The molecule has 1 heterocycles. The number of urea groups is 1. The van der Waals surface area contributed by atoms with E-state index in [2.05, 4.69) is 37.1 Å². The maximum atomic E-state index is 12.5. The first-order valence-electron chi connectivity index (χ1n) is 13.7. The molecule has 0 saturated heterocycles. The molecule has 0 unspecified atom stereocenters. The van der Waals surface area contributed by atoms with Gasteiger partial charge in [0.05, 0.1) is 36.0 Å². The van der Waals surface area contributed by atoms with Gasteiger partial charge < -0.3 is 34.7 Å². The number of hydrogen-bond donors (Lipinski definition) is 4. The molecule has 3 aromatic carbocycles. The van der Waals surface area contributed by atoms with Crippen LogP contribution in [0.2, 0.25) is 10.0 Å². The van der Waals surface area contributed by atoms with Crippen molar-refractivity contribution < 1.29 is 33.6 Å². The zero-order valence-corrected chi connectivity index (χ0v) is 27.6. The van der Waals surface area contributed by atoms with E-state index in [1.54, 1.807) is 56.3 Å². The van der Waals surface area contributed by atoms with Gasteiger partial charge in [0.25, 0.3) is 0 Å². The fourth-order valence-corrected chi connectivity index (χ4v) is 5.45. The van der Waals surface area contributed by atoms with Crippen LogP contribution in [-0.4, -0.2) is 49.9 Å². The molecule has 0 spiro atoms. The number of hydrogen-bond acceptors (Lipinski definition) is 9. The van der Waals surface area contributed by atoms with E-state index >= 15 is 0 Å². The third kappa shape index (κ3) is 9.04. The van der Waals surface area contributed by atoms with Crippen molar-refractivity contribution in [3.63, 3.8) is 0 Å². The Hall–Kier alpha value is -3.97. The lowest BCUT2D eigenvalue weighted by Gasteiger charge is -2.28. The van der Waals surface area contributed by atoms with Crippen molar-refractivity contribution in [1.29, 1.82) is 0 Å². The summed E-state index contributed by atoms with van der Waals surface area (Å²) < 4.78 is 23.1. The largest absolute Gasteiger partial charge is 0.490 e. The lowest BCUT2D eigenvalue weighted by atomic mass is 9.95. The molecule has 2 atom stereocenters.